The smallest absolute Gasteiger partial charge is 0.240 e. The fourth-order valence-corrected chi connectivity index (χ4v) is 2.39. The van der Waals surface area contributed by atoms with Crippen LogP contribution >= 0.6 is 0 Å². The maximum absolute atomic E-state index is 12.8. The molecule has 0 bridgehead atoms. The molecule has 1 aliphatic rings. The molecule has 1 aliphatic carbocycles. The number of hydrogen-bond donors (Lipinski definition) is 0. The fraction of sp³-hybridized carbons (Fsp3) is 0.500. The van der Waals surface area contributed by atoms with E-state index in [0.29, 0.717) is 30.1 Å². The van der Waals surface area contributed by atoms with Crippen LogP contribution in [0.1, 0.15) is 31.5 Å². The molecule has 1 fully saturated rings. The number of halogens is 1. The molecule has 0 aliphatic heterocycles. The summed E-state index contributed by atoms with van der Waals surface area (Å²) in [4.78, 5) is 6.56. The zero-order chi connectivity index (χ0) is 15.5. The number of hydrogen-bond acceptors (Lipinski definition) is 5. The molecule has 5 nitrogen and oxygen atoms in total. The molecule has 0 N–H and O–H groups in total. The Morgan fingerprint density at radius 2 is 2.09 bits per heavy atom. The van der Waals surface area contributed by atoms with Gasteiger partial charge in [-0.3, -0.25) is 4.90 Å². The Bertz CT molecular complexity index is 610. The van der Waals surface area contributed by atoms with Crippen LogP contribution in [0.3, 0.4) is 0 Å². The van der Waals surface area contributed by atoms with E-state index in [9.17, 15) is 4.39 Å². The zero-order valence-corrected chi connectivity index (χ0v) is 12.8. The van der Waals surface area contributed by atoms with Gasteiger partial charge in [-0.25, -0.2) is 4.39 Å². The van der Waals surface area contributed by atoms with Gasteiger partial charge in [0, 0.05) is 6.04 Å². The van der Waals surface area contributed by atoms with E-state index in [1.54, 1.807) is 12.1 Å². The van der Waals surface area contributed by atoms with Crippen molar-refractivity contribution in [1.29, 1.82) is 0 Å². The molecule has 1 unspecified atom stereocenters. The molecule has 118 valence electrons. The highest BCUT2D eigenvalue weighted by molar-refractivity contribution is 5.22. The highest BCUT2D eigenvalue weighted by atomic mass is 19.1. The zero-order valence-electron chi connectivity index (χ0n) is 12.8. The SMILES string of the molecule is CC(C1CC1)N(C)Cc1nc(COc2ccc(F)cc2)no1. The van der Waals surface area contributed by atoms with Crippen molar-refractivity contribution in [2.75, 3.05) is 7.05 Å². The molecule has 1 heterocycles. The van der Waals surface area contributed by atoms with E-state index in [0.717, 1.165) is 5.92 Å². The largest absolute Gasteiger partial charge is 0.485 e. The molecule has 1 saturated carbocycles. The summed E-state index contributed by atoms with van der Waals surface area (Å²) in [5, 5.41) is 3.91. The van der Waals surface area contributed by atoms with E-state index in [4.69, 9.17) is 9.26 Å². The quantitative estimate of drug-likeness (QED) is 0.787. The van der Waals surface area contributed by atoms with Gasteiger partial charge in [0.25, 0.3) is 0 Å². The molecule has 0 amide bonds. The van der Waals surface area contributed by atoms with Crippen LogP contribution < -0.4 is 4.74 Å². The van der Waals surface area contributed by atoms with Gasteiger partial charge in [0.2, 0.25) is 11.7 Å². The van der Waals surface area contributed by atoms with Crippen molar-refractivity contribution in [3.8, 4) is 5.75 Å². The van der Waals surface area contributed by atoms with E-state index in [1.165, 1.54) is 25.0 Å². The van der Waals surface area contributed by atoms with E-state index in [2.05, 4.69) is 29.0 Å². The molecular weight excluding hydrogens is 285 g/mol. The van der Waals surface area contributed by atoms with Gasteiger partial charge in [0.05, 0.1) is 6.54 Å². The second-order valence-electron chi connectivity index (χ2n) is 5.84. The number of nitrogens with zero attached hydrogens (tertiary/aromatic N) is 3. The molecule has 22 heavy (non-hydrogen) atoms. The minimum absolute atomic E-state index is 0.205. The summed E-state index contributed by atoms with van der Waals surface area (Å²) in [6.45, 7) is 3.07. The first-order chi connectivity index (χ1) is 10.6. The van der Waals surface area contributed by atoms with Crippen LogP contribution in [0.2, 0.25) is 0 Å². The summed E-state index contributed by atoms with van der Waals surface area (Å²) in [6.07, 6.45) is 2.62. The lowest BCUT2D eigenvalue weighted by molar-refractivity contribution is 0.197. The van der Waals surface area contributed by atoms with Gasteiger partial charge < -0.3 is 9.26 Å². The highest BCUT2D eigenvalue weighted by Crippen LogP contribution is 2.34. The van der Waals surface area contributed by atoms with Gasteiger partial charge in [-0.15, -0.1) is 0 Å². The summed E-state index contributed by atoms with van der Waals surface area (Å²) < 4.78 is 23.5. The first-order valence-corrected chi connectivity index (χ1v) is 7.52. The Balaban J connectivity index is 1.51. The Morgan fingerprint density at radius 3 is 2.77 bits per heavy atom. The molecule has 0 spiro atoms. The minimum atomic E-state index is -0.290. The van der Waals surface area contributed by atoms with Crippen LogP contribution in [0.4, 0.5) is 4.39 Å². The molecule has 2 aromatic rings. The molecule has 0 radical (unpaired) electrons. The Morgan fingerprint density at radius 1 is 1.36 bits per heavy atom. The average Bonchev–Trinajstić information content (AvgIpc) is 3.27. The summed E-state index contributed by atoms with van der Waals surface area (Å²) in [7, 11) is 2.07. The van der Waals surface area contributed by atoms with Crippen molar-refractivity contribution in [2.24, 2.45) is 5.92 Å². The topological polar surface area (TPSA) is 51.4 Å². The normalized spacial score (nSPS) is 16.0. The van der Waals surface area contributed by atoms with Gasteiger partial charge in [0.15, 0.2) is 6.61 Å². The van der Waals surface area contributed by atoms with Gasteiger partial charge in [-0.1, -0.05) is 5.16 Å². The third kappa shape index (κ3) is 3.82. The molecular formula is C16H20FN3O2. The third-order valence-electron chi connectivity index (χ3n) is 4.08. The van der Waals surface area contributed by atoms with Crippen LogP contribution in [0.5, 0.6) is 5.75 Å². The molecule has 3 rings (SSSR count). The van der Waals surface area contributed by atoms with E-state index in [1.807, 2.05) is 0 Å². The Hall–Kier alpha value is -1.95. The van der Waals surface area contributed by atoms with Crippen molar-refractivity contribution in [2.45, 2.75) is 39.0 Å². The summed E-state index contributed by atoms with van der Waals surface area (Å²) in [5.41, 5.74) is 0. The van der Waals surface area contributed by atoms with Crippen LogP contribution in [0, 0.1) is 11.7 Å². The molecule has 1 aromatic carbocycles. The van der Waals surface area contributed by atoms with Crippen LogP contribution in [0.25, 0.3) is 0 Å². The summed E-state index contributed by atoms with van der Waals surface area (Å²) >= 11 is 0. The maximum atomic E-state index is 12.8. The van der Waals surface area contributed by atoms with Crippen LogP contribution in [-0.4, -0.2) is 28.1 Å². The van der Waals surface area contributed by atoms with Crippen molar-refractivity contribution >= 4 is 0 Å². The molecule has 6 heteroatoms. The van der Waals surface area contributed by atoms with Crippen molar-refractivity contribution in [3.63, 3.8) is 0 Å². The second-order valence-corrected chi connectivity index (χ2v) is 5.84. The van der Waals surface area contributed by atoms with Gasteiger partial charge in [-0.2, -0.15) is 4.98 Å². The van der Waals surface area contributed by atoms with E-state index in [-0.39, 0.29) is 12.4 Å². The molecule has 0 saturated heterocycles. The summed E-state index contributed by atoms with van der Waals surface area (Å²) in [6, 6.07) is 6.38. The van der Waals surface area contributed by atoms with Gasteiger partial charge in [-0.05, 0) is 57.0 Å². The number of aromatic nitrogens is 2. The van der Waals surface area contributed by atoms with Gasteiger partial charge in [0.1, 0.15) is 11.6 Å². The molecule has 1 aromatic heterocycles. The lowest BCUT2D eigenvalue weighted by Crippen LogP contribution is -2.30. The van der Waals surface area contributed by atoms with E-state index < -0.39 is 0 Å². The first kappa shape index (κ1) is 15.0. The number of rotatable bonds is 7. The number of benzene rings is 1. The predicted molar refractivity (Wildman–Crippen MR) is 78.7 cm³/mol. The monoisotopic (exact) mass is 305 g/mol. The maximum Gasteiger partial charge on any atom is 0.240 e. The second kappa shape index (κ2) is 6.44. The highest BCUT2D eigenvalue weighted by Gasteiger charge is 2.30. The van der Waals surface area contributed by atoms with Crippen molar-refractivity contribution in [3.05, 3.63) is 41.8 Å². The Labute approximate surface area is 129 Å². The first-order valence-electron chi connectivity index (χ1n) is 7.52. The van der Waals surface area contributed by atoms with Crippen LogP contribution in [-0.2, 0) is 13.2 Å². The third-order valence-corrected chi connectivity index (χ3v) is 4.08. The van der Waals surface area contributed by atoms with Gasteiger partial charge >= 0.3 is 0 Å². The minimum Gasteiger partial charge on any atom is -0.485 e. The van der Waals surface area contributed by atoms with E-state index >= 15 is 0 Å². The predicted octanol–water partition coefficient (Wildman–Crippen LogP) is 3.02. The molecule has 1 atom stereocenters. The summed E-state index contributed by atoms with van der Waals surface area (Å²) in [5.74, 6) is 2.17. The average molecular weight is 305 g/mol. The Kier molecular flexibility index (Phi) is 4.38. The lowest BCUT2D eigenvalue weighted by Gasteiger charge is -2.22. The lowest BCUT2D eigenvalue weighted by atomic mass is 10.2. The number of ether oxygens (including phenoxy) is 1. The van der Waals surface area contributed by atoms with Crippen LogP contribution in [0.15, 0.2) is 28.8 Å². The van der Waals surface area contributed by atoms with Crippen molar-refractivity contribution < 1.29 is 13.7 Å². The fourth-order valence-electron chi connectivity index (χ4n) is 2.39. The van der Waals surface area contributed by atoms with Crippen molar-refractivity contribution in [1.82, 2.24) is 15.0 Å². The standard InChI is InChI=1S/C16H20FN3O2/c1-11(12-3-4-12)20(2)9-16-18-15(19-22-16)10-21-14-7-5-13(17)6-8-14/h5-8,11-12H,3-4,9-10H2,1-2H3.